The summed E-state index contributed by atoms with van der Waals surface area (Å²) in [6.07, 6.45) is -15.2. The van der Waals surface area contributed by atoms with Crippen LogP contribution in [0.3, 0.4) is 0 Å². The molecule has 22 heteroatoms. The number of alkyl halides is 6. The maximum atomic E-state index is 14.8. The largest absolute Gasteiger partial charge is 0.416 e. The van der Waals surface area contributed by atoms with E-state index in [-0.39, 0.29) is 84.2 Å². The summed E-state index contributed by atoms with van der Waals surface area (Å²) in [7, 11) is 0. The van der Waals surface area contributed by atoms with Gasteiger partial charge in [-0.25, -0.2) is 8.78 Å². The first-order valence-electron chi connectivity index (χ1n) is 42.3. The average molecular weight is 1390 g/mol. The first-order chi connectivity index (χ1) is 55.6. The Morgan fingerprint density at radius 2 is 1.04 bits per heavy atom. The molecule has 0 fully saturated rings. The summed E-state index contributed by atoms with van der Waals surface area (Å²) in [6.45, 7) is 4.64. The molecule has 2 amide bonds. The molecule has 2 aliphatic carbocycles. The normalized spacial score (nSPS) is 19.3. The van der Waals surface area contributed by atoms with Gasteiger partial charge in [0.2, 0.25) is 11.8 Å². The van der Waals surface area contributed by atoms with Gasteiger partial charge in [-0.1, -0.05) is 149 Å². The standard InChI is InChI=1S/2C37H40F4N4O2S/c1-4-43(5-2)18-19-44(22-26-6-10-28(11-7-26)29-12-14-30(15-13-29)37(39,40)41)34(46)23-45-33-21-25(3)20-32(33)35(47)42-36(45)48-24-27-8-16-31(38)17-9-27;1-4-43(5-2)19-20-44(22-29-12-11-28(21-25(29)3)27-13-15-30(16-14-27)37(39,40)41)34(46)23-45-33-8-6-7-32(33)35(47)42-36(45)48-24-26-9-17-31(38)18-10-26/h6-17,25H,4-5,18-24H2,1-3H3;9-18,21H,4-8,19-20,22-24H2,1-3H3/i8D,9D,16D,17D,20D2,21D2,23D2,25D;9D,10D,11D,12D,13D,14D,15D,16D,17D,18D,21D,23D2. The van der Waals surface area contributed by atoms with Gasteiger partial charge in [-0.05, 0) is 169 Å². The Morgan fingerprint density at radius 3 is 1.54 bits per heavy atom. The molecule has 0 saturated carbocycles. The number of aromatic nitrogens is 4. The molecule has 10 rings (SSSR count). The van der Waals surface area contributed by atoms with Gasteiger partial charge in [-0.2, -0.15) is 36.3 Å². The molecule has 1 unspecified atom stereocenters. The highest BCUT2D eigenvalue weighted by Gasteiger charge is 2.33. The van der Waals surface area contributed by atoms with Crippen LogP contribution in [0.2, 0.25) is 0 Å². The van der Waals surface area contributed by atoms with E-state index in [0.29, 0.717) is 77.4 Å². The van der Waals surface area contributed by atoms with Crippen molar-refractivity contribution in [3.63, 3.8) is 0 Å². The third-order valence-electron chi connectivity index (χ3n) is 15.4. The minimum absolute atomic E-state index is 0.0958. The number of benzene rings is 6. The molecular formula is C74H80F8N8O4S2. The quantitative estimate of drug-likeness (QED) is 0.0295. The van der Waals surface area contributed by atoms with Gasteiger partial charge in [0.05, 0.1) is 37.2 Å². The summed E-state index contributed by atoms with van der Waals surface area (Å²) in [4.78, 5) is 70.3. The molecule has 96 heavy (non-hydrogen) atoms. The maximum absolute atomic E-state index is 14.8. The number of carbonyl (C=O) groups excluding carboxylic acids is 2. The Hall–Kier alpha value is -7.92. The molecule has 0 radical (unpaired) electrons. The molecule has 12 nitrogen and oxygen atoms in total. The highest BCUT2D eigenvalue weighted by atomic mass is 32.2. The zero-order valence-corrected chi connectivity index (χ0v) is 54.4. The smallest absolute Gasteiger partial charge is 0.336 e. The van der Waals surface area contributed by atoms with Gasteiger partial charge in [0.15, 0.2) is 10.3 Å². The second kappa shape index (κ2) is 32.9. The molecule has 2 aromatic heterocycles. The molecule has 2 aliphatic rings. The van der Waals surface area contributed by atoms with Crippen molar-refractivity contribution < 1.29 is 77.6 Å². The topological polar surface area (TPSA) is 117 Å². The molecule has 1 atom stereocenters. The van der Waals surface area contributed by atoms with E-state index in [1.165, 1.54) is 19.1 Å². The lowest BCUT2D eigenvalue weighted by molar-refractivity contribution is -0.138. The molecule has 508 valence electrons. The van der Waals surface area contributed by atoms with E-state index in [4.69, 9.17) is 27.4 Å². The number of likely N-dealkylation sites (N-methyl/N-ethyl adjacent to an activating group) is 2. The summed E-state index contributed by atoms with van der Waals surface area (Å²) < 4.78 is 316. The number of hydrogen-bond acceptors (Lipinski definition) is 10. The van der Waals surface area contributed by atoms with Crippen molar-refractivity contribution in [2.24, 2.45) is 5.89 Å². The van der Waals surface area contributed by atoms with Crippen molar-refractivity contribution in [2.75, 3.05) is 52.4 Å². The molecule has 6 aromatic carbocycles. The number of hydrogen-bond donors (Lipinski definition) is 0. The Kier molecular flexibility index (Phi) is 15.9. The first kappa shape index (κ1) is 46.3. The van der Waals surface area contributed by atoms with Crippen LogP contribution in [0.1, 0.15) is 135 Å². The van der Waals surface area contributed by atoms with E-state index in [0.717, 1.165) is 33.4 Å². The monoisotopic (exact) mass is 1380 g/mol. The van der Waals surface area contributed by atoms with Crippen molar-refractivity contribution in [2.45, 2.75) is 134 Å². The lowest BCUT2D eigenvalue weighted by Crippen LogP contribution is -2.40. The molecule has 8 aromatic rings. The molecule has 0 bridgehead atoms. The third-order valence-corrected chi connectivity index (χ3v) is 17.3. The second-order valence-electron chi connectivity index (χ2n) is 21.7. The van der Waals surface area contributed by atoms with Crippen LogP contribution in [0.25, 0.3) is 22.3 Å². The summed E-state index contributed by atoms with van der Waals surface area (Å²) in [5.74, 6) is -9.11. The van der Waals surface area contributed by atoms with Crippen LogP contribution < -0.4 is 11.1 Å². The Labute approximate surface area is 597 Å². The summed E-state index contributed by atoms with van der Waals surface area (Å²) in [6, 6.07) is -3.34. The number of thioether (sulfide) groups is 2. The Morgan fingerprint density at radius 1 is 0.573 bits per heavy atom. The highest BCUT2D eigenvalue weighted by Crippen LogP contribution is 2.35. The van der Waals surface area contributed by atoms with Crippen LogP contribution in [-0.2, 0) is 85.1 Å². The summed E-state index contributed by atoms with van der Waals surface area (Å²) in [5.41, 5.74) is -7.27. The van der Waals surface area contributed by atoms with Crippen LogP contribution in [0.4, 0.5) is 35.1 Å². The lowest BCUT2D eigenvalue weighted by atomic mass is 9.98. The molecule has 0 aliphatic heterocycles. The van der Waals surface area contributed by atoms with Crippen LogP contribution >= 0.6 is 23.5 Å². The van der Waals surface area contributed by atoms with Crippen molar-refractivity contribution in [1.82, 2.24) is 38.7 Å². The van der Waals surface area contributed by atoms with E-state index >= 15 is 0 Å². The lowest BCUT2D eigenvalue weighted by Gasteiger charge is -2.28. The molecule has 0 saturated heterocycles. The molecular weight excluding hydrogens is 1280 g/mol. The maximum Gasteiger partial charge on any atom is 0.416 e. The number of amides is 2. The predicted molar refractivity (Wildman–Crippen MR) is 362 cm³/mol. The fourth-order valence-electron chi connectivity index (χ4n) is 10.0. The van der Waals surface area contributed by atoms with Crippen LogP contribution in [0, 0.1) is 24.5 Å². The fourth-order valence-corrected chi connectivity index (χ4v) is 11.7. The molecule has 2 heterocycles. The van der Waals surface area contributed by atoms with Crippen LogP contribution in [-0.4, -0.2) is 103 Å². The van der Waals surface area contributed by atoms with Gasteiger partial charge in [-0.15, -0.1) is 0 Å². The van der Waals surface area contributed by atoms with E-state index in [9.17, 15) is 59.8 Å². The van der Waals surface area contributed by atoms with Crippen molar-refractivity contribution in [3.05, 3.63) is 233 Å². The number of fused-ring (bicyclic) bond motifs is 2. The minimum Gasteiger partial charge on any atom is -0.336 e. The van der Waals surface area contributed by atoms with E-state index in [1.807, 2.05) is 37.5 Å². The minimum atomic E-state index is -5.26. The van der Waals surface area contributed by atoms with E-state index < -0.39 is 226 Å². The summed E-state index contributed by atoms with van der Waals surface area (Å²) >= 11 is 1.05. The number of nitrogens with zero attached hydrogens (tertiary/aromatic N) is 8. The van der Waals surface area contributed by atoms with Gasteiger partial charge in [0.1, 0.15) is 24.6 Å². The predicted octanol–water partition coefficient (Wildman–Crippen LogP) is 15.0. The zero-order chi connectivity index (χ0) is 90.0. The highest BCUT2D eigenvalue weighted by molar-refractivity contribution is 7.98. The fraction of sp³-hybridized carbons (Fsp3) is 0.378. The molecule has 0 N–H and O–H groups in total. The van der Waals surface area contributed by atoms with Crippen molar-refractivity contribution in [3.8, 4) is 22.3 Å². The average Bonchev–Trinajstić information content (AvgIpc) is 1.53. The van der Waals surface area contributed by atoms with Crippen molar-refractivity contribution in [1.29, 1.82) is 0 Å². The Bertz CT molecular complexity index is 5350. The van der Waals surface area contributed by atoms with Gasteiger partial charge < -0.3 is 28.7 Å². The third kappa shape index (κ3) is 19.0. The van der Waals surface area contributed by atoms with Crippen LogP contribution in [0.5, 0.6) is 0 Å². The van der Waals surface area contributed by atoms with Gasteiger partial charge in [0.25, 0.3) is 11.1 Å². The Balaban J connectivity index is 0.000000273. The number of carbonyl (C=O) groups is 2. The van der Waals surface area contributed by atoms with Crippen molar-refractivity contribution >= 4 is 35.3 Å². The van der Waals surface area contributed by atoms with E-state index in [2.05, 4.69) is 9.97 Å². The second-order valence-corrected chi connectivity index (χ2v) is 23.6. The zero-order valence-electron chi connectivity index (χ0n) is 76.8. The SMILES string of the molecule is [2H]c1c([2H])c(CSc2nc(=O)c3c(n2C([2H])([2H])C(=O)N(CCN(CC)CC)Cc2c([2H])c([2H])c(-c4c([2H])c([2H])c(C(F)(F)F)c([2H])c4[2H])c([2H])c2C)CCC3)c([2H])c([2H])c1F.[2H]c1c([2H])c(CSc2nc(=O)c3c(n2C([2H])([2H])C(=O)N(CCN(CC)CC)Cc2ccc(-c4ccc(C(F)(F)F)cc4)cc2)C([2H])([2H])C([2H])(C)C3([2H])[2H])c([2H])c([2H])c1F. The number of halogens is 8. The molecule has 0 spiro atoms. The van der Waals surface area contributed by atoms with E-state index in [1.54, 1.807) is 24.3 Å². The first-order valence-corrected chi connectivity index (χ1v) is 32.2. The van der Waals surface area contributed by atoms with Gasteiger partial charge in [-0.3, -0.25) is 19.2 Å². The van der Waals surface area contributed by atoms with Gasteiger partial charge in [0, 0.05) is 80.1 Å². The van der Waals surface area contributed by atoms with Crippen LogP contribution in [0.15, 0.2) is 159 Å². The summed E-state index contributed by atoms with van der Waals surface area (Å²) in [5, 5.41) is -1.07. The number of rotatable bonds is 26. The van der Waals surface area contributed by atoms with Gasteiger partial charge >= 0.3 is 12.4 Å².